The minimum absolute atomic E-state index is 0.0196. The number of hydrogen-bond donors (Lipinski definition) is 0. The van der Waals surface area contributed by atoms with E-state index < -0.39 is 10.8 Å². The zero-order valence-corrected chi connectivity index (χ0v) is 14.5. The molecule has 0 spiro atoms. The van der Waals surface area contributed by atoms with Gasteiger partial charge in [0.2, 0.25) is 0 Å². The van der Waals surface area contributed by atoms with Crippen molar-refractivity contribution in [3.63, 3.8) is 0 Å². The van der Waals surface area contributed by atoms with Crippen molar-refractivity contribution in [3.05, 3.63) is 73.8 Å². The van der Waals surface area contributed by atoms with E-state index in [2.05, 4.69) is 0 Å². The lowest BCUT2D eigenvalue weighted by Gasteiger charge is -2.33. The number of hydrogen-bond acceptors (Lipinski definition) is 4. The highest BCUT2D eigenvalue weighted by Crippen LogP contribution is 2.28. The average molecular weight is 381 g/mol. The zero-order chi connectivity index (χ0) is 18.0. The van der Waals surface area contributed by atoms with Crippen LogP contribution in [-0.2, 0) is 4.74 Å². The molecule has 1 atom stereocenters. The quantitative estimate of drug-likeness (QED) is 0.592. The van der Waals surface area contributed by atoms with Crippen molar-refractivity contribution >= 4 is 34.8 Å². The molecule has 1 amide bonds. The van der Waals surface area contributed by atoms with Gasteiger partial charge in [0, 0.05) is 22.7 Å². The van der Waals surface area contributed by atoms with Crippen LogP contribution >= 0.6 is 23.2 Å². The van der Waals surface area contributed by atoms with Gasteiger partial charge in [-0.2, -0.15) is 0 Å². The molecule has 25 heavy (non-hydrogen) atoms. The number of morpholine rings is 1. The van der Waals surface area contributed by atoms with Gasteiger partial charge in [-0.15, -0.1) is 0 Å². The van der Waals surface area contributed by atoms with Crippen molar-refractivity contribution in [2.75, 3.05) is 19.7 Å². The highest BCUT2D eigenvalue weighted by molar-refractivity contribution is 6.31. The van der Waals surface area contributed by atoms with Crippen LogP contribution in [0, 0.1) is 10.1 Å². The summed E-state index contributed by atoms with van der Waals surface area (Å²) in [5.74, 6) is -0.411. The van der Waals surface area contributed by atoms with E-state index in [1.165, 1.54) is 18.2 Å². The first-order valence-electron chi connectivity index (χ1n) is 7.56. The number of nitro benzene ring substituents is 1. The van der Waals surface area contributed by atoms with Crippen LogP contribution in [0.1, 0.15) is 22.0 Å². The van der Waals surface area contributed by atoms with Gasteiger partial charge in [0.25, 0.3) is 11.6 Å². The second-order valence-electron chi connectivity index (χ2n) is 5.58. The second-order valence-corrected chi connectivity index (χ2v) is 6.45. The number of ether oxygens (including phenoxy) is 1. The smallest absolute Gasteiger partial charge is 0.283 e. The third-order valence-corrected chi connectivity index (χ3v) is 4.47. The highest BCUT2D eigenvalue weighted by atomic mass is 35.5. The average Bonchev–Trinajstić information content (AvgIpc) is 2.62. The van der Waals surface area contributed by atoms with E-state index >= 15 is 0 Å². The molecule has 8 heteroatoms. The summed E-state index contributed by atoms with van der Waals surface area (Å²) in [5, 5.41) is 12.0. The Labute approximate surface area is 154 Å². The van der Waals surface area contributed by atoms with Crippen LogP contribution in [0.3, 0.4) is 0 Å². The standard InChI is InChI=1S/C17H14Cl2N2O4/c18-12-3-1-11(2-4-12)16-10-20(7-8-25-16)17(22)14-6-5-13(19)9-15(14)21(23)24/h1-6,9,16H,7-8,10H2. The molecule has 0 aliphatic carbocycles. The van der Waals surface area contributed by atoms with E-state index in [9.17, 15) is 14.9 Å². The normalized spacial score (nSPS) is 17.4. The molecule has 0 saturated carbocycles. The van der Waals surface area contributed by atoms with Crippen LogP contribution in [0.15, 0.2) is 42.5 Å². The molecule has 1 aliphatic rings. The molecule has 2 aromatic carbocycles. The molecule has 0 N–H and O–H groups in total. The lowest BCUT2D eigenvalue weighted by molar-refractivity contribution is -0.385. The highest BCUT2D eigenvalue weighted by Gasteiger charge is 2.30. The van der Waals surface area contributed by atoms with Crippen LogP contribution in [-0.4, -0.2) is 35.4 Å². The summed E-state index contributed by atoms with van der Waals surface area (Å²) in [7, 11) is 0. The number of carbonyl (C=O) groups excluding carboxylic acids is 1. The lowest BCUT2D eigenvalue weighted by atomic mass is 10.1. The Hall–Kier alpha value is -2.15. The number of benzene rings is 2. The Morgan fingerprint density at radius 3 is 2.52 bits per heavy atom. The number of rotatable bonds is 3. The predicted molar refractivity (Wildman–Crippen MR) is 94.2 cm³/mol. The lowest BCUT2D eigenvalue weighted by Crippen LogP contribution is -2.42. The van der Waals surface area contributed by atoms with E-state index in [4.69, 9.17) is 27.9 Å². The summed E-state index contributed by atoms with van der Waals surface area (Å²) in [5.41, 5.74) is 0.616. The molecule has 0 radical (unpaired) electrons. The molecule has 0 bridgehead atoms. The number of halogens is 2. The predicted octanol–water partition coefficient (Wildman–Crippen LogP) is 4.12. The summed E-state index contributed by atoms with van der Waals surface area (Å²) >= 11 is 11.7. The summed E-state index contributed by atoms with van der Waals surface area (Å²) in [4.78, 5) is 24.9. The van der Waals surface area contributed by atoms with Crippen molar-refractivity contribution in [2.45, 2.75) is 6.10 Å². The molecular weight excluding hydrogens is 367 g/mol. The van der Waals surface area contributed by atoms with Gasteiger partial charge in [-0.25, -0.2) is 0 Å². The Balaban J connectivity index is 1.83. The Bertz CT molecular complexity index is 811. The van der Waals surface area contributed by atoms with Gasteiger partial charge in [0.05, 0.1) is 18.1 Å². The molecule has 1 saturated heterocycles. The number of nitrogens with zero attached hydrogens (tertiary/aromatic N) is 2. The number of carbonyl (C=O) groups is 1. The zero-order valence-electron chi connectivity index (χ0n) is 13.0. The summed E-state index contributed by atoms with van der Waals surface area (Å²) in [6.07, 6.45) is -0.304. The SMILES string of the molecule is O=C(c1ccc(Cl)cc1[N+](=O)[O-])N1CCOC(c2ccc(Cl)cc2)C1. The van der Waals surface area contributed by atoms with E-state index in [-0.39, 0.29) is 22.4 Å². The topological polar surface area (TPSA) is 72.7 Å². The van der Waals surface area contributed by atoms with Crippen molar-refractivity contribution in [1.82, 2.24) is 4.90 Å². The molecule has 1 heterocycles. The van der Waals surface area contributed by atoms with Crippen LogP contribution in [0.2, 0.25) is 10.0 Å². The van der Waals surface area contributed by atoms with Crippen molar-refractivity contribution in [3.8, 4) is 0 Å². The van der Waals surface area contributed by atoms with Crippen molar-refractivity contribution < 1.29 is 14.5 Å². The molecular formula is C17H14Cl2N2O4. The van der Waals surface area contributed by atoms with Gasteiger partial charge in [-0.3, -0.25) is 14.9 Å². The van der Waals surface area contributed by atoms with Crippen LogP contribution in [0.4, 0.5) is 5.69 Å². The largest absolute Gasteiger partial charge is 0.370 e. The monoisotopic (exact) mass is 380 g/mol. The molecule has 0 aromatic heterocycles. The summed E-state index contributed by atoms with van der Waals surface area (Å²) in [6, 6.07) is 11.2. The molecule has 3 rings (SSSR count). The van der Waals surface area contributed by atoms with E-state index in [0.717, 1.165) is 5.56 Å². The Morgan fingerprint density at radius 1 is 1.16 bits per heavy atom. The minimum atomic E-state index is -0.601. The van der Waals surface area contributed by atoms with Gasteiger partial charge in [0.15, 0.2) is 0 Å². The fourth-order valence-electron chi connectivity index (χ4n) is 2.72. The first-order chi connectivity index (χ1) is 12.0. The minimum Gasteiger partial charge on any atom is -0.370 e. The molecule has 130 valence electrons. The fraction of sp³-hybridized carbons (Fsp3) is 0.235. The molecule has 1 aliphatic heterocycles. The summed E-state index contributed by atoms with van der Waals surface area (Å²) < 4.78 is 5.72. The molecule has 1 fully saturated rings. The first-order valence-corrected chi connectivity index (χ1v) is 8.31. The van der Waals surface area contributed by atoms with E-state index in [1.54, 1.807) is 17.0 Å². The molecule has 1 unspecified atom stereocenters. The van der Waals surface area contributed by atoms with E-state index in [1.807, 2.05) is 12.1 Å². The maximum absolute atomic E-state index is 12.8. The molecule has 6 nitrogen and oxygen atoms in total. The first kappa shape index (κ1) is 17.7. The third-order valence-electron chi connectivity index (χ3n) is 3.98. The van der Waals surface area contributed by atoms with E-state index in [0.29, 0.717) is 24.7 Å². The van der Waals surface area contributed by atoms with Gasteiger partial charge in [-0.1, -0.05) is 35.3 Å². The second kappa shape index (κ2) is 7.39. The van der Waals surface area contributed by atoms with Crippen molar-refractivity contribution in [2.24, 2.45) is 0 Å². The van der Waals surface area contributed by atoms with Crippen LogP contribution < -0.4 is 0 Å². The number of amides is 1. The maximum atomic E-state index is 12.8. The Morgan fingerprint density at radius 2 is 1.84 bits per heavy atom. The van der Waals surface area contributed by atoms with Crippen LogP contribution in [0.25, 0.3) is 0 Å². The maximum Gasteiger partial charge on any atom is 0.283 e. The molecule has 2 aromatic rings. The van der Waals surface area contributed by atoms with Crippen LogP contribution in [0.5, 0.6) is 0 Å². The van der Waals surface area contributed by atoms with Crippen molar-refractivity contribution in [1.29, 1.82) is 0 Å². The number of nitro groups is 1. The van der Waals surface area contributed by atoms with Gasteiger partial charge in [-0.05, 0) is 29.8 Å². The third kappa shape index (κ3) is 3.92. The van der Waals surface area contributed by atoms with Gasteiger partial charge < -0.3 is 9.64 Å². The fourth-order valence-corrected chi connectivity index (χ4v) is 3.01. The van der Waals surface area contributed by atoms with Gasteiger partial charge >= 0.3 is 0 Å². The van der Waals surface area contributed by atoms with Gasteiger partial charge in [0.1, 0.15) is 11.7 Å². The Kier molecular flexibility index (Phi) is 5.22. The summed E-state index contributed by atoms with van der Waals surface area (Å²) in [6.45, 7) is 1.02.